The molecule has 2 aromatic rings. The third-order valence-electron chi connectivity index (χ3n) is 7.09. The highest BCUT2D eigenvalue weighted by Crippen LogP contribution is 2.28. The minimum absolute atomic E-state index is 0.0667. The van der Waals surface area contributed by atoms with Gasteiger partial charge < -0.3 is 5.32 Å². The Morgan fingerprint density at radius 3 is 2.31 bits per heavy atom. The maximum Gasteiger partial charge on any atom is 0.242 e. The van der Waals surface area contributed by atoms with Crippen molar-refractivity contribution in [2.75, 3.05) is 33.2 Å². The van der Waals surface area contributed by atoms with Crippen LogP contribution in [0.15, 0.2) is 65.6 Å². The molecule has 192 valence electrons. The zero-order chi connectivity index (χ0) is 25.4. The average Bonchev–Trinajstić information content (AvgIpc) is 2.87. The lowest BCUT2D eigenvalue weighted by Crippen LogP contribution is -2.52. The molecule has 1 aliphatic rings. The van der Waals surface area contributed by atoms with Gasteiger partial charge in [0.25, 0.3) is 0 Å². The molecule has 0 saturated carbocycles. The number of Topliss-reactive ketones (excluding diaryl/α,β-unsaturated/α-hetero) is 1. The van der Waals surface area contributed by atoms with Crippen molar-refractivity contribution in [1.82, 2.24) is 14.5 Å². The number of likely N-dealkylation sites (N-methyl/N-ethyl adjacent to an activating group) is 1. The summed E-state index contributed by atoms with van der Waals surface area (Å²) in [5.41, 5.74) is 1.15. The smallest absolute Gasteiger partial charge is 0.242 e. The van der Waals surface area contributed by atoms with E-state index in [1.165, 1.54) is 4.31 Å². The molecule has 1 fully saturated rings. The first-order chi connectivity index (χ1) is 16.7. The Kier molecular flexibility index (Phi) is 10.0. The van der Waals surface area contributed by atoms with Gasteiger partial charge in [-0.25, -0.2) is 12.7 Å². The van der Waals surface area contributed by atoms with Crippen molar-refractivity contribution >= 4 is 15.8 Å². The summed E-state index contributed by atoms with van der Waals surface area (Å²) in [5.74, 6) is 0.611. The summed E-state index contributed by atoms with van der Waals surface area (Å²) < 4.78 is 27.8. The molecular weight excluding hydrogens is 458 g/mol. The fraction of sp³-hybridized carbons (Fsp3) is 0.536. The van der Waals surface area contributed by atoms with Crippen molar-refractivity contribution in [2.45, 2.75) is 57.0 Å². The molecule has 35 heavy (non-hydrogen) atoms. The first kappa shape index (κ1) is 27.5. The molecule has 1 aliphatic heterocycles. The van der Waals surface area contributed by atoms with Gasteiger partial charge in [0.2, 0.25) is 10.0 Å². The van der Waals surface area contributed by atoms with Crippen LogP contribution in [0.5, 0.6) is 0 Å². The maximum atomic E-state index is 13.2. The van der Waals surface area contributed by atoms with Crippen molar-refractivity contribution in [2.24, 2.45) is 11.8 Å². The van der Waals surface area contributed by atoms with Crippen LogP contribution in [-0.4, -0.2) is 62.8 Å². The number of hydrogen-bond donors (Lipinski definition) is 1. The molecule has 3 rings (SSSR count). The highest BCUT2D eigenvalue weighted by atomic mass is 32.2. The second kappa shape index (κ2) is 12.8. The highest BCUT2D eigenvalue weighted by molar-refractivity contribution is 7.89. The summed E-state index contributed by atoms with van der Waals surface area (Å²) in [6.07, 6.45) is 2.73. The Hall–Kier alpha value is -2.06. The first-order valence-corrected chi connectivity index (χ1v) is 14.3. The van der Waals surface area contributed by atoms with Crippen molar-refractivity contribution in [1.29, 1.82) is 0 Å². The van der Waals surface area contributed by atoms with Crippen LogP contribution in [-0.2, 0) is 14.8 Å². The Balaban J connectivity index is 1.72. The minimum Gasteiger partial charge on any atom is -0.302 e. The summed E-state index contributed by atoms with van der Waals surface area (Å²) >= 11 is 0. The Bertz CT molecular complexity index is 1030. The van der Waals surface area contributed by atoms with Crippen LogP contribution in [0.4, 0.5) is 0 Å². The largest absolute Gasteiger partial charge is 0.302 e. The van der Waals surface area contributed by atoms with Gasteiger partial charge in [0.05, 0.1) is 11.1 Å². The molecule has 0 spiro atoms. The number of likely N-dealkylation sites (tertiary alicyclic amines) is 1. The predicted octanol–water partition coefficient (Wildman–Crippen LogP) is 4.35. The van der Waals surface area contributed by atoms with E-state index >= 15 is 0 Å². The van der Waals surface area contributed by atoms with Gasteiger partial charge in [-0.2, -0.15) is 0 Å². The van der Waals surface area contributed by atoms with Crippen LogP contribution < -0.4 is 5.32 Å². The van der Waals surface area contributed by atoms with E-state index < -0.39 is 10.0 Å². The first-order valence-electron chi connectivity index (χ1n) is 12.8. The normalized spacial score (nSPS) is 20.3. The van der Waals surface area contributed by atoms with Gasteiger partial charge in [-0.1, -0.05) is 69.3 Å². The quantitative estimate of drug-likeness (QED) is 0.470. The molecule has 6 nitrogen and oxygen atoms in total. The lowest BCUT2D eigenvalue weighted by atomic mass is 9.85. The Morgan fingerprint density at radius 1 is 1.09 bits per heavy atom. The van der Waals surface area contributed by atoms with E-state index in [9.17, 15) is 13.2 Å². The fourth-order valence-electron chi connectivity index (χ4n) is 5.05. The van der Waals surface area contributed by atoms with Gasteiger partial charge in [-0.05, 0) is 49.4 Å². The van der Waals surface area contributed by atoms with Gasteiger partial charge in [-0.15, -0.1) is 0 Å². The summed E-state index contributed by atoms with van der Waals surface area (Å²) in [4.78, 5) is 15.4. The van der Waals surface area contributed by atoms with Crippen LogP contribution >= 0.6 is 0 Å². The number of rotatable bonds is 12. The molecule has 2 aromatic carbocycles. The fourth-order valence-corrected chi connectivity index (χ4v) is 6.29. The van der Waals surface area contributed by atoms with Crippen LogP contribution in [0.2, 0.25) is 0 Å². The van der Waals surface area contributed by atoms with Crippen molar-refractivity contribution in [3.05, 3.63) is 66.2 Å². The molecule has 1 heterocycles. The molecule has 0 radical (unpaired) electrons. The van der Waals surface area contributed by atoms with Gasteiger partial charge >= 0.3 is 0 Å². The number of piperidine rings is 1. The molecule has 0 bridgehead atoms. The van der Waals surface area contributed by atoms with Gasteiger partial charge in [0, 0.05) is 38.5 Å². The third-order valence-corrected chi connectivity index (χ3v) is 8.93. The van der Waals surface area contributed by atoms with E-state index in [-0.39, 0.29) is 23.9 Å². The molecular formula is C28H41N3O3S. The number of nitrogens with zero attached hydrogens (tertiary/aromatic N) is 2. The predicted molar refractivity (Wildman–Crippen MR) is 142 cm³/mol. The zero-order valence-corrected chi connectivity index (χ0v) is 22.4. The average molecular weight is 500 g/mol. The van der Waals surface area contributed by atoms with E-state index in [0.29, 0.717) is 17.2 Å². The number of benzene rings is 2. The zero-order valence-electron chi connectivity index (χ0n) is 21.6. The van der Waals surface area contributed by atoms with Crippen LogP contribution in [0, 0.1) is 11.8 Å². The van der Waals surface area contributed by atoms with Crippen molar-refractivity contribution in [3.63, 3.8) is 0 Å². The molecule has 0 amide bonds. The number of carbonyl (C=O) groups excluding carboxylic acids is 1. The second-order valence-corrected chi connectivity index (χ2v) is 11.9. The van der Waals surface area contributed by atoms with Crippen LogP contribution in [0.25, 0.3) is 0 Å². The lowest BCUT2D eigenvalue weighted by Gasteiger charge is -2.40. The highest BCUT2D eigenvalue weighted by Gasteiger charge is 2.33. The van der Waals surface area contributed by atoms with Crippen molar-refractivity contribution in [3.8, 4) is 0 Å². The second-order valence-electron chi connectivity index (χ2n) is 9.88. The molecule has 1 saturated heterocycles. The SMILES string of the molecule is CCNC1CC(C(=O)C(C)C)CCN1CCC(CN(C)S(=O)(=O)c1ccccc1)c1ccccc1. The van der Waals surface area contributed by atoms with Gasteiger partial charge in [0.15, 0.2) is 0 Å². The van der Waals surface area contributed by atoms with E-state index in [2.05, 4.69) is 29.3 Å². The summed E-state index contributed by atoms with van der Waals surface area (Å²) in [6.45, 7) is 9.06. The maximum absolute atomic E-state index is 13.2. The van der Waals surface area contributed by atoms with E-state index in [0.717, 1.165) is 44.5 Å². The van der Waals surface area contributed by atoms with E-state index in [4.69, 9.17) is 0 Å². The monoisotopic (exact) mass is 499 g/mol. The lowest BCUT2D eigenvalue weighted by molar-refractivity contribution is -0.128. The summed E-state index contributed by atoms with van der Waals surface area (Å²) in [6, 6.07) is 18.8. The number of sulfonamides is 1. The number of ketones is 1. The van der Waals surface area contributed by atoms with Gasteiger partial charge in [-0.3, -0.25) is 9.69 Å². The van der Waals surface area contributed by atoms with E-state index in [1.54, 1.807) is 31.3 Å². The standard InChI is InChI=1S/C28H41N3O3S/c1-5-29-27-20-24(28(32)22(2)3)16-18-31(27)19-17-25(23-12-8-6-9-13-23)21-30(4)35(33,34)26-14-10-7-11-15-26/h6-15,22,24-25,27,29H,5,16-21H2,1-4H3. The Labute approximate surface area is 211 Å². The number of nitrogens with one attached hydrogen (secondary N) is 1. The third kappa shape index (κ3) is 7.23. The number of hydrogen-bond acceptors (Lipinski definition) is 5. The molecule has 0 aliphatic carbocycles. The summed E-state index contributed by atoms with van der Waals surface area (Å²) in [7, 11) is -1.89. The summed E-state index contributed by atoms with van der Waals surface area (Å²) in [5, 5.41) is 3.58. The molecule has 3 unspecified atom stereocenters. The minimum atomic E-state index is -3.56. The number of carbonyl (C=O) groups is 1. The molecule has 7 heteroatoms. The molecule has 0 aromatic heterocycles. The molecule has 1 N–H and O–H groups in total. The van der Waals surface area contributed by atoms with Crippen molar-refractivity contribution < 1.29 is 13.2 Å². The topological polar surface area (TPSA) is 69.7 Å². The van der Waals surface area contributed by atoms with E-state index in [1.807, 2.05) is 38.1 Å². The molecule has 3 atom stereocenters. The Morgan fingerprint density at radius 2 is 1.71 bits per heavy atom. The van der Waals surface area contributed by atoms with Gasteiger partial charge in [0.1, 0.15) is 5.78 Å². The van der Waals surface area contributed by atoms with Crippen LogP contribution in [0.3, 0.4) is 0 Å². The van der Waals surface area contributed by atoms with Crippen LogP contribution in [0.1, 0.15) is 51.5 Å².